The number of carbonyl (C=O) groups is 3. The second kappa shape index (κ2) is 9.57. The summed E-state index contributed by atoms with van der Waals surface area (Å²) in [5.74, 6) is -0.696. The molecule has 1 fully saturated rings. The fraction of sp³-hybridized carbons (Fsp3) is 0.571. The fourth-order valence-corrected chi connectivity index (χ4v) is 3.13. The van der Waals surface area contributed by atoms with Gasteiger partial charge in [-0.25, -0.2) is 4.79 Å². The summed E-state index contributed by atoms with van der Waals surface area (Å²) in [6, 6.07) is 8.92. The van der Waals surface area contributed by atoms with Gasteiger partial charge in [-0.3, -0.25) is 9.59 Å². The minimum atomic E-state index is -0.540. The average Bonchev–Trinajstić information content (AvgIpc) is 2.66. The molecule has 0 saturated carbocycles. The molecular formula is C21H30N2O5. The molecule has 0 aromatic heterocycles. The third-order valence-corrected chi connectivity index (χ3v) is 4.63. The predicted molar refractivity (Wildman–Crippen MR) is 104 cm³/mol. The number of hydrogen-bond donors (Lipinski definition) is 1. The summed E-state index contributed by atoms with van der Waals surface area (Å²) in [5, 5.41) is 2.98. The highest BCUT2D eigenvalue weighted by Gasteiger charge is 2.31. The Morgan fingerprint density at radius 1 is 1.14 bits per heavy atom. The van der Waals surface area contributed by atoms with E-state index in [-0.39, 0.29) is 30.3 Å². The molecule has 1 aliphatic rings. The molecule has 28 heavy (non-hydrogen) atoms. The lowest BCUT2D eigenvalue weighted by Gasteiger charge is -2.33. The van der Waals surface area contributed by atoms with Crippen LogP contribution in [0.3, 0.4) is 0 Å². The van der Waals surface area contributed by atoms with Gasteiger partial charge in [-0.2, -0.15) is 0 Å². The van der Waals surface area contributed by atoms with Gasteiger partial charge in [0.15, 0.2) is 0 Å². The first-order valence-corrected chi connectivity index (χ1v) is 9.59. The first-order chi connectivity index (χ1) is 13.2. The van der Waals surface area contributed by atoms with Gasteiger partial charge in [-0.1, -0.05) is 30.3 Å². The number of carbonyl (C=O) groups excluding carboxylic acids is 3. The first-order valence-electron chi connectivity index (χ1n) is 9.59. The number of methoxy groups -OCH3 is 1. The molecule has 1 heterocycles. The molecule has 7 nitrogen and oxygen atoms in total. The minimum absolute atomic E-state index is 0.0724. The van der Waals surface area contributed by atoms with Crippen molar-refractivity contribution in [2.45, 2.75) is 51.7 Å². The third-order valence-electron chi connectivity index (χ3n) is 4.63. The minimum Gasteiger partial charge on any atom is -0.469 e. The molecular weight excluding hydrogens is 360 g/mol. The van der Waals surface area contributed by atoms with E-state index in [1.807, 2.05) is 51.1 Å². The number of esters is 1. The average molecular weight is 390 g/mol. The molecule has 154 valence electrons. The van der Waals surface area contributed by atoms with Crippen molar-refractivity contribution in [3.8, 4) is 0 Å². The van der Waals surface area contributed by atoms with Crippen molar-refractivity contribution in [3.63, 3.8) is 0 Å². The van der Waals surface area contributed by atoms with Gasteiger partial charge < -0.3 is 19.7 Å². The van der Waals surface area contributed by atoms with Crippen molar-refractivity contribution in [3.05, 3.63) is 35.9 Å². The van der Waals surface area contributed by atoms with Crippen LogP contribution in [0, 0.1) is 5.92 Å². The number of nitrogens with zero attached hydrogens (tertiary/aromatic N) is 1. The topological polar surface area (TPSA) is 84.9 Å². The summed E-state index contributed by atoms with van der Waals surface area (Å²) in [5.41, 5.74) is 0.315. The Balaban J connectivity index is 1.94. The monoisotopic (exact) mass is 390 g/mol. The van der Waals surface area contributed by atoms with E-state index < -0.39 is 11.6 Å². The van der Waals surface area contributed by atoms with Crippen LogP contribution < -0.4 is 5.32 Å². The Morgan fingerprint density at radius 3 is 2.29 bits per heavy atom. The van der Waals surface area contributed by atoms with Gasteiger partial charge in [-0.15, -0.1) is 0 Å². The summed E-state index contributed by atoms with van der Waals surface area (Å²) in [6.07, 6.45) is 0.845. The number of rotatable bonds is 5. The van der Waals surface area contributed by atoms with Gasteiger partial charge in [0.1, 0.15) is 5.60 Å². The number of ether oxygens (including phenoxy) is 2. The maximum absolute atomic E-state index is 12.8. The highest BCUT2D eigenvalue weighted by molar-refractivity contribution is 5.80. The molecule has 2 rings (SSSR count). The van der Waals surface area contributed by atoms with Crippen LogP contribution in [0.15, 0.2) is 30.3 Å². The van der Waals surface area contributed by atoms with Crippen molar-refractivity contribution >= 4 is 18.0 Å². The molecule has 1 atom stereocenters. The molecule has 0 spiro atoms. The van der Waals surface area contributed by atoms with Crippen LogP contribution in [0.5, 0.6) is 0 Å². The predicted octanol–water partition coefficient (Wildman–Crippen LogP) is 3.05. The zero-order valence-corrected chi connectivity index (χ0v) is 17.1. The van der Waals surface area contributed by atoms with Gasteiger partial charge in [0.05, 0.1) is 19.6 Å². The largest absolute Gasteiger partial charge is 0.469 e. The van der Waals surface area contributed by atoms with E-state index in [2.05, 4.69) is 5.32 Å². The summed E-state index contributed by atoms with van der Waals surface area (Å²) in [6.45, 7) is 6.43. The van der Waals surface area contributed by atoms with E-state index in [4.69, 9.17) is 9.47 Å². The SMILES string of the molecule is COC(=O)CC(NC(=O)C1CCN(C(=O)OC(C)(C)C)CC1)c1ccccc1. The molecule has 1 N–H and O–H groups in total. The molecule has 7 heteroatoms. The van der Waals surface area contributed by atoms with Gasteiger partial charge >= 0.3 is 12.1 Å². The third kappa shape index (κ3) is 6.55. The zero-order chi connectivity index (χ0) is 20.7. The molecule has 0 radical (unpaired) electrons. The van der Waals surface area contributed by atoms with Crippen LogP contribution in [0.25, 0.3) is 0 Å². The van der Waals surface area contributed by atoms with Crippen LogP contribution >= 0.6 is 0 Å². The lowest BCUT2D eigenvalue weighted by molar-refractivity contribution is -0.141. The maximum Gasteiger partial charge on any atom is 0.410 e. The van der Waals surface area contributed by atoms with E-state index in [9.17, 15) is 14.4 Å². The van der Waals surface area contributed by atoms with Gasteiger partial charge in [0.2, 0.25) is 5.91 Å². The lowest BCUT2D eigenvalue weighted by Crippen LogP contribution is -2.45. The number of benzene rings is 1. The number of nitrogens with one attached hydrogen (secondary N) is 1. The van der Waals surface area contributed by atoms with Crippen LogP contribution in [0.2, 0.25) is 0 Å². The Morgan fingerprint density at radius 2 is 1.75 bits per heavy atom. The smallest absolute Gasteiger partial charge is 0.410 e. The normalized spacial score (nSPS) is 16.2. The van der Waals surface area contributed by atoms with E-state index in [1.54, 1.807) is 4.90 Å². The van der Waals surface area contributed by atoms with Gasteiger partial charge in [0, 0.05) is 19.0 Å². The highest BCUT2D eigenvalue weighted by Crippen LogP contribution is 2.23. The number of hydrogen-bond acceptors (Lipinski definition) is 5. The summed E-state index contributed by atoms with van der Waals surface area (Å²) >= 11 is 0. The maximum atomic E-state index is 12.8. The highest BCUT2D eigenvalue weighted by atomic mass is 16.6. The molecule has 0 bridgehead atoms. The van der Waals surface area contributed by atoms with Gasteiger partial charge in [0.25, 0.3) is 0 Å². The van der Waals surface area contributed by atoms with Crippen molar-refractivity contribution in [1.82, 2.24) is 10.2 Å². The Kier molecular flexibility index (Phi) is 7.43. The second-order valence-corrected chi connectivity index (χ2v) is 7.99. The molecule has 1 aromatic carbocycles. The van der Waals surface area contributed by atoms with E-state index in [0.717, 1.165) is 5.56 Å². The van der Waals surface area contributed by atoms with Crippen LogP contribution in [-0.2, 0) is 19.1 Å². The van der Waals surface area contributed by atoms with Crippen molar-refractivity contribution in [2.24, 2.45) is 5.92 Å². The number of likely N-dealkylation sites (tertiary alicyclic amines) is 1. The fourth-order valence-electron chi connectivity index (χ4n) is 3.13. The number of piperidine rings is 1. The Hall–Kier alpha value is -2.57. The summed E-state index contributed by atoms with van der Waals surface area (Å²) in [7, 11) is 1.33. The lowest BCUT2D eigenvalue weighted by atomic mass is 9.94. The second-order valence-electron chi connectivity index (χ2n) is 7.99. The molecule has 1 saturated heterocycles. The van der Waals surface area contributed by atoms with Crippen LogP contribution in [-0.4, -0.2) is 48.7 Å². The van der Waals surface area contributed by atoms with E-state index in [1.165, 1.54) is 7.11 Å². The molecule has 1 aromatic rings. The first kappa shape index (κ1) is 21.7. The Bertz CT molecular complexity index is 676. The van der Waals surface area contributed by atoms with E-state index in [0.29, 0.717) is 25.9 Å². The van der Waals surface area contributed by atoms with Crippen LogP contribution in [0.1, 0.15) is 51.6 Å². The Labute approximate surface area is 166 Å². The summed E-state index contributed by atoms with van der Waals surface area (Å²) < 4.78 is 10.1. The van der Waals surface area contributed by atoms with Crippen LogP contribution in [0.4, 0.5) is 4.79 Å². The summed E-state index contributed by atoms with van der Waals surface area (Å²) in [4.78, 5) is 38.3. The zero-order valence-electron chi connectivity index (χ0n) is 17.1. The van der Waals surface area contributed by atoms with Crippen molar-refractivity contribution in [2.75, 3.05) is 20.2 Å². The quantitative estimate of drug-likeness (QED) is 0.781. The molecule has 2 amide bonds. The molecule has 1 unspecified atom stereocenters. The standard InChI is InChI=1S/C21H30N2O5/c1-21(2,3)28-20(26)23-12-10-16(11-13-23)19(25)22-17(14-18(24)27-4)15-8-6-5-7-9-15/h5-9,16-17H,10-14H2,1-4H3,(H,22,25). The van der Waals surface area contributed by atoms with Crippen molar-refractivity contribution < 1.29 is 23.9 Å². The van der Waals surface area contributed by atoms with Gasteiger partial charge in [-0.05, 0) is 39.2 Å². The van der Waals surface area contributed by atoms with E-state index >= 15 is 0 Å². The molecule has 1 aliphatic heterocycles. The van der Waals surface area contributed by atoms with Crippen molar-refractivity contribution in [1.29, 1.82) is 0 Å². The number of amides is 2. The molecule has 0 aliphatic carbocycles.